The van der Waals surface area contributed by atoms with Crippen molar-refractivity contribution in [3.8, 4) is 6.07 Å². The van der Waals surface area contributed by atoms with Gasteiger partial charge >= 0.3 is 6.03 Å². The summed E-state index contributed by atoms with van der Waals surface area (Å²) in [5, 5.41) is 15.8. The highest BCUT2D eigenvalue weighted by molar-refractivity contribution is 9.10. The van der Waals surface area contributed by atoms with Crippen LogP contribution in [0.4, 0.5) is 10.5 Å². The van der Waals surface area contributed by atoms with Crippen LogP contribution in [0.3, 0.4) is 0 Å². The fourth-order valence-electron chi connectivity index (χ4n) is 1.25. The minimum atomic E-state index is -0.459. The molecule has 7 heteroatoms. The number of nitrogens with one attached hydrogen (secondary N) is 1. The van der Waals surface area contributed by atoms with E-state index >= 15 is 0 Å². The van der Waals surface area contributed by atoms with Crippen molar-refractivity contribution < 1.29 is 4.79 Å². The zero-order valence-corrected chi connectivity index (χ0v) is 11.2. The van der Waals surface area contributed by atoms with Gasteiger partial charge in [0, 0.05) is 10.7 Å². The van der Waals surface area contributed by atoms with E-state index in [9.17, 15) is 4.79 Å². The van der Waals surface area contributed by atoms with E-state index < -0.39 is 6.03 Å². The molecule has 1 aromatic heterocycles. The van der Waals surface area contributed by atoms with Crippen molar-refractivity contribution in [3.05, 3.63) is 45.7 Å². The number of carbonyl (C=O) groups is 1. The van der Waals surface area contributed by atoms with Crippen molar-refractivity contribution in [2.45, 2.75) is 0 Å². The number of rotatable bonds is 1. The number of nitriles is 1. The van der Waals surface area contributed by atoms with Crippen LogP contribution in [0.5, 0.6) is 0 Å². The van der Waals surface area contributed by atoms with Gasteiger partial charge in [-0.25, -0.2) is 4.79 Å². The Kier molecular flexibility index (Phi) is 3.65. The molecular weight excluding hydrogens is 320 g/mol. The largest absolute Gasteiger partial charge is 0.346 e. The molecule has 18 heavy (non-hydrogen) atoms. The summed E-state index contributed by atoms with van der Waals surface area (Å²) in [7, 11) is 0. The van der Waals surface area contributed by atoms with Gasteiger partial charge in [-0.1, -0.05) is 11.6 Å². The van der Waals surface area contributed by atoms with Crippen molar-refractivity contribution in [3.63, 3.8) is 0 Å². The summed E-state index contributed by atoms with van der Waals surface area (Å²) in [4.78, 5) is 11.8. The highest BCUT2D eigenvalue weighted by atomic mass is 79.9. The van der Waals surface area contributed by atoms with Crippen LogP contribution in [0.25, 0.3) is 0 Å². The van der Waals surface area contributed by atoms with E-state index in [0.29, 0.717) is 15.2 Å². The molecule has 0 saturated heterocycles. The number of anilines is 1. The van der Waals surface area contributed by atoms with Gasteiger partial charge in [0.1, 0.15) is 6.07 Å². The van der Waals surface area contributed by atoms with Gasteiger partial charge in [-0.2, -0.15) is 15.0 Å². The van der Waals surface area contributed by atoms with E-state index in [1.165, 1.54) is 6.20 Å². The molecule has 90 valence electrons. The van der Waals surface area contributed by atoms with Crippen LogP contribution in [-0.4, -0.2) is 15.8 Å². The molecule has 0 bridgehead atoms. The molecule has 2 rings (SSSR count). The normalized spacial score (nSPS) is 9.83. The SMILES string of the molecule is N#Cc1nn(C(=O)Nc2ccc(Cl)cc2)cc1Br. The summed E-state index contributed by atoms with van der Waals surface area (Å²) >= 11 is 8.87. The molecule has 0 aliphatic rings. The van der Waals surface area contributed by atoms with E-state index in [-0.39, 0.29) is 5.69 Å². The number of hydrogen-bond donors (Lipinski definition) is 1. The fraction of sp³-hybridized carbons (Fsp3) is 0. The Labute approximate surface area is 116 Å². The molecule has 5 nitrogen and oxygen atoms in total. The third kappa shape index (κ3) is 2.70. The van der Waals surface area contributed by atoms with Crippen LogP contribution in [0.2, 0.25) is 5.02 Å². The van der Waals surface area contributed by atoms with Gasteiger partial charge in [-0.3, -0.25) is 0 Å². The summed E-state index contributed by atoms with van der Waals surface area (Å²) in [6, 6.07) is 8.08. The number of amides is 1. The van der Waals surface area contributed by atoms with E-state index in [0.717, 1.165) is 4.68 Å². The lowest BCUT2D eigenvalue weighted by molar-refractivity contribution is 0.251. The Morgan fingerprint density at radius 2 is 2.11 bits per heavy atom. The van der Waals surface area contributed by atoms with E-state index in [2.05, 4.69) is 26.3 Å². The van der Waals surface area contributed by atoms with E-state index in [4.69, 9.17) is 16.9 Å². The van der Waals surface area contributed by atoms with Crippen LogP contribution >= 0.6 is 27.5 Å². The monoisotopic (exact) mass is 324 g/mol. The quantitative estimate of drug-likeness (QED) is 0.875. The highest BCUT2D eigenvalue weighted by Gasteiger charge is 2.11. The topological polar surface area (TPSA) is 70.7 Å². The average molecular weight is 326 g/mol. The number of nitrogens with zero attached hydrogens (tertiary/aromatic N) is 3. The minimum absolute atomic E-state index is 0.154. The zero-order valence-electron chi connectivity index (χ0n) is 8.89. The molecule has 1 N–H and O–H groups in total. The Hall–Kier alpha value is -1.84. The molecule has 0 radical (unpaired) electrons. The first-order chi connectivity index (χ1) is 8.60. The Bertz CT molecular complexity index is 629. The summed E-state index contributed by atoms with van der Waals surface area (Å²) < 4.78 is 1.52. The second-order valence-corrected chi connectivity index (χ2v) is 4.61. The molecule has 0 saturated carbocycles. The predicted molar refractivity (Wildman–Crippen MR) is 70.5 cm³/mol. The second kappa shape index (κ2) is 5.21. The number of carbonyl (C=O) groups excluding carboxylic acids is 1. The maximum Gasteiger partial charge on any atom is 0.346 e. The van der Waals surface area contributed by atoms with Crippen LogP contribution in [0, 0.1) is 11.3 Å². The zero-order chi connectivity index (χ0) is 13.1. The Morgan fingerprint density at radius 3 is 2.67 bits per heavy atom. The molecule has 1 heterocycles. The van der Waals surface area contributed by atoms with Crippen LogP contribution < -0.4 is 5.32 Å². The van der Waals surface area contributed by atoms with Gasteiger partial charge in [0.05, 0.1) is 10.7 Å². The summed E-state index contributed by atoms with van der Waals surface area (Å²) in [6.07, 6.45) is 1.42. The highest BCUT2D eigenvalue weighted by Crippen LogP contribution is 2.16. The molecule has 0 fully saturated rings. The smallest absolute Gasteiger partial charge is 0.306 e. The molecule has 0 aliphatic heterocycles. The summed E-state index contributed by atoms with van der Waals surface area (Å²) in [5.41, 5.74) is 0.746. The van der Waals surface area contributed by atoms with Gasteiger partial charge in [0.2, 0.25) is 0 Å². The molecule has 0 atom stereocenters. The Balaban J connectivity index is 2.17. The summed E-state index contributed by atoms with van der Waals surface area (Å²) in [5.74, 6) is 0. The first kappa shape index (κ1) is 12.6. The molecule has 0 spiro atoms. The van der Waals surface area contributed by atoms with Crippen molar-refractivity contribution in [1.82, 2.24) is 9.78 Å². The third-order valence-corrected chi connectivity index (χ3v) is 2.91. The molecule has 1 aromatic carbocycles. The first-order valence-electron chi connectivity index (χ1n) is 4.82. The second-order valence-electron chi connectivity index (χ2n) is 3.32. The number of halogens is 2. The van der Waals surface area contributed by atoms with Crippen molar-refractivity contribution in [2.24, 2.45) is 0 Å². The molecular formula is C11H6BrClN4O. The van der Waals surface area contributed by atoms with Crippen LogP contribution in [0.1, 0.15) is 5.69 Å². The number of aromatic nitrogens is 2. The lowest BCUT2D eigenvalue weighted by atomic mass is 10.3. The van der Waals surface area contributed by atoms with E-state index in [1.807, 2.05) is 6.07 Å². The van der Waals surface area contributed by atoms with Crippen molar-refractivity contribution in [1.29, 1.82) is 5.26 Å². The standard InChI is InChI=1S/C11H6BrClN4O/c12-9-6-17(16-10(9)5-14)11(18)15-8-3-1-7(13)2-4-8/h1-4,6H,(H,15,18). The molecule has 1 amide bonds. The van der Waals surface area contributed by atoms with E-state index in [1.54, 1.807) is 24.3 Å². The molecule has 2 aromatic rings. The lowest BCUT2D eigenvalue weighted by Gasteiger charge is -2.04. The summed E-state index contributed by atoms with van der Waals surface area (Å²) in [6.45, 7) is 0. The van der Waals surface area contributed by atoms with Gasteiger partial charge in [-0.05, 0) is 40.2 Å². The van der Waals surface area contributed by atoms with Crippen molar-refractivity contribution >= 4 is 39.2 Å². The van der Waals surface area contributed by atoms with Crippen LogP contribution in [0.15, 0.2) is 34.9 Å². The first-order valence-corrected chi connectivity index (χ1v) is 5.99. The number of benzene rings is 1. The maximum absolute atomic E-state index is 11.8. The molecule has 0 unspecified atom stereocenters. The lowest BCUT2D eigenvalue weighted by Crippen LogP contribution is -2.19. The third-order valence-electron chi connectivity index (χ3n) is 2.08. The van der Waals surface area contributed by atoms with Crippen LogP contribution in [-0.2, 0) is 0 Å². The van der Waals surface area contributed by atoms with Gasteiger partial charge in [0.25, 0.3) is 0 Å². The van der Waals surface area contributed by atoms with Crippen molar-refractivity contribution in [2.75, 3.05) is 5.32 Å². The minimum Gasteiger partial charge on any atom is -0.306 e. The van der Waals surface area contributed by atoms with Gasteiger partial charge in [-0.15, -0.1) is 0 Å². The average Bonchev–Trinajstić information content (AvgIpc) is 2.73. The molecule has 0 aliphatic carbocycles. The predicted octanol–water partition coefficient (Wildman–Crippen LogP) is 3.25. The maximum atomic E-state index is 11.8. The Morgan fingerprint density at radius 1 is 1.44 bits per heavy atom. The number of hydrogen-bond acceptors (Lipinski definition) is 3. The van der Waals surface area contributed by atoms with Gasteiger partial charge in [0.15, 0.2) is 5.69 Å². The van der Waals surface area contributed by atoms with Gasteiger partial charge < -0.3 is 5.32 Å². The fourth-order valence-corrected chi connectivity index (χ4v) is 1.73.